The summed E-state index contributed by atoms with van der Waals surface area (Å²) >= 11 is 1.66. The molecule has 2 N–H and O–H groups in total. The van der Waals surface area contributed by atoms with Gasteiger partial charge in [0.05, 0.1) is 6.61 Å². The molecule has 2 atom stereocenters. The van der Waals surface area contributed by atoms with Crippen LogP contribution in [-0.2, 0) is 16.1 Å². The predicted octanol–water partition coefficient (Wildman–Crippen LogP) is 2.24. The fraction of sp³-hybridized carbons (Fsp3) is 0.667. The van der Waals surface area contributed by atoms with Crippen molar-refractivity contribution in [2.45, 2.75) is 38.3 Å². The summed E-state index contributed by atoms with van der Waals surface area (Å²) in [7, 11) is 1.67. The van der Waals surface area contributed by atoms with Crippen LogP contribution in [0.2, 0.25) is 0 Å². The van der Waals surface area contributed by atoms with Crippen LogP contribution in [0.1, 0.15) is 31.2 Å². The van der Waals surface area contributed by atoms with Gasteiger partial charge in [-0.3, -0.25) is 4.79 Å². The molecule has 0 bridgehead atoms. The lowest BCUT2D eigenvalue weighted by atomic mass is 9.85. The van der Waals surface area contributed by atoms with Gasteiger partial charge in [-0.1, -0.05) is 6.42 Å². The molecular formula is C15H24N2O2S. The van der Waals surface area contributed by atoms with Crippen LogP contribution in [0.4, 0.5) is 0 Å². The third kappa shape index (κ3) is 4.30. The van der Waals surface area contributed by atoms with Crippen molar-refractivity contribution in [3.8, 4) is 0 Å². The maximum Gasteiger partial charge on any atom is 0.226 e. The summed E-state index contributed by atoms with van der Waals surface area (Å²) in [5.41, 5.74) is 7.20. The Bertz CT molecular complexity index is 408. The number of thiophene rings is 1. The molecule has 1 aromatic rings. The molecule has 0 aliphatic heterocycles. The molecule has 0 unspecified atom stereocenters. The molecule has 2 rings (SSSR count). The number of nitrogens with zero attached hydrogens (tertiary/aromatic N) is 1. The first-order valence-electron chi connectivity index (χ1n) is 7.25. The molecule has 0 saturated heterocycles. The Balaban J connectivity index is 1.98. The van der Waals surface area contributed by atoms with E-state index in [2.05, 4.69) is 11.4 Å². The molecule has 112 valence electrons. The van der Waals surface area contributed by atoms with Crippen LogP contribution in [-0.4, -0.2) is 37.1 Å². The number of nitrogens with two attached hydrogens (primary N) is 1. The second kappa shape index (κ2) is 7.76. The van der Waals surface area contributed by atoms with Crippen molar-refractivity contribution in [2.75, 3.05) is 20.3 Å². The van der Waals surface area contributed by atoms with Crippen molar-refractivity contribution in [2.24, 2.45) is 11.7 Å². The van der Waals surface area contributed by atoms with Crippen molar-refractivity contribution in [1.29, 1.82) is 0 Å². The summed E-state index contributed by atoms with van der Waals surface area (Å²) in [6.45, 7) is 1.91. The zero-order valence-corrected chi connectivity index (χ0v) is 12.9. The van der Waals surface area contributed by atoms with Gasteiger partial charge in [-0.25, -0.2) is 0 Å². The van der Waals surface area contributed by atoms with E-state index in [1.165, 1.54) is 5.56 Å². The summed E-state index contributed by atoms with van der Waals surface area (Å²) in [5.74, 6) is 0.331. The van der Waals surface area contributed by atoms with E-state index in [0.29, 0.717) is 19.7 Å². The Morgan fingerprint density at radius 1 is 1.55 bits per heavy atom. The standard InChI is InChI=1S/C15H24N2O2S/c1-19-7-6-17(10-12-5-8-20-11-12)15(18)13-3-2-4-14(16)9-13/h5,8,11,13-14H,2-4,6-7,9-10,16H2,1H3/t13-,14+/m0/s1. The first-order chi connectivity index (χ1) is 9.70. The molecule has 1 aliphatic rings. The van der Waals surface area contributed by atoms with Gasteiger partial charge in [0.15, 0.2) is 0 Å². The Morgan fingerprint density at radius 2 is 2.40 bits per heavy atom. The maximum atomic E-state index is 12.7. The minimum absolute atomic E-state index is 0.0919. The number of hydrogen-bond donors (Lipinski definition) is 1. The zero-order chi connectivity index (χ0) is 14.4. The Labute approximate surface area is 124 Å². The molecule has 0 spiro atoms. The average molecular weight is 296 g/mol. The largest absolute Gasteiger partial charge is 0.383 e. The van der Waals surface area contributed by atoms with Crippen molar-refractivity contribution < 1.29 is 9.53 Å². The third-order valence-corrected chi connectivity index (χ3v) is 4.63. The molecule has 1 aliphatic carbocycles. The van der Waals surface area contributed by atoms with Crippen molar-refractivity contribution in [1.82, 2.24) is 4.90 Å². The Morgan fingerprint density at radius 3 is 3.05 bits per heavy atom. The lowest BCUT2D eigenvalue weighted by Gasteiger charge is -2.31. The lowest BCUT2D eigenvalue weighted by molar-refractivity contribution is -0.138. The highest BCUT2D eigenvalue weighted by molar-refractivity contribution is 7.07. The Hall–Kier alpha value is -0.910. The van der Waals surface area contributed by atoms with Gasteiger partial charge < -0.3 is 15.4 Å². The summed E-state index contributed by atoms with van der Waals surface area (Å²) < 4.78 is 5.13. The van der Waals surface area contributed by atoms with Gasteiger partial charge in [0.2, 0.25) is 5.91 Å². The van der Waals surface area contributed by atoms with Crippen LogP contribution in [0.3, 0.4) is 0 Å². The van der Waals surface area contributed by atoms with Gasteiger partial charge in [0, 0.05) is 32.2 Å². The van der Waals surface area contributed by atoms with Crippen LogP contribution < -0.4 is 5.73 Å². The van der Waals surface area contributed by atoms with Crippen LogP contribution in [0.25, 0.3) is 0 Å². The van der Waals surface area contributed by atoms with Gasteiger partial charge in [-0.15, -0.1) is 0 Å². The molecule has 5 heteroatoms. The van der Waals surface area contributed by atoms with Gasteiger partial charge >= 0.3 is 0 Å². The van der Waals surface area contributed by atoms with E-state index < -0.39 is 0 Å². The van der Waals surface area contributed by atoms with Crippen LogP contribution in [0.5, 0.6) is 0 Å². The molecule has 20 heavy (non-hydrogen) atoms. The van der Waals surface area contributed by atoms with E-state index in [1.807, 2.05) is 10.3 Å². The minimum Gasteiger partial charge on any atom is -0.383 e. The van der Waals surface area contributed by atoms with E-state index in [9.17, 15) is 4.79 Å². The lowest BCUT2D eigenvalue weighted by Crippen LogP contribution is -2.41. The highest BCUT2D eigenvalue weighted by Crippen LogP contribution is 2.25. The number of rotatable bonds is 6. The number of methoxy groups -OCH3 is 1. The summed E-state index contributed by atoms with van der Waals surface area (Å²) in [6, 6.07) is 2.26. The first kappa shape index (κ1) is 15.5. The van der Waals surface area contributed by atoms with E-state index in [1.54, 1.807) is 18.4 Å². The zero-order valence-electron chi connectivity index (χ0n) is 12.1. The van der Waals surface area contributed by atoms with Crippen LogP contribution >= 0.6 is 11.3 Å². The number of carbonyl (C=O) groups is 1. The second-order valence-corrected chi connectivity index (χ2v) is 6.29. The molecular weight excluding hydrogens is 272 g/mol. The summed E-state index contributed by atoms with van der Waals surface area (Å²) in [4.78, 5) is 14.6. The van der Waals surface area contributed by atoms with Crippen LogP contribution in [0, 0.1) is 5.92 Å². The number of carbonyl (C=O) groups excluding carboxylic acids is 1. The summed E-state index contributed by atoms with van der Waals surface area (Å²) in [6.07, 6.45) is 3.91. The molecule has 1 heterocycles. The van der Waals surface area contributed by atoms with Crippen LogP contribution in [0.15, 0.2) is 16.8 Å². The monoisotopic (exact) mass is 296 g/mol. The smallest absolute Gasteiger partial charge is 0.226 e. The number of amides is 1. The third-order valence-electron chi connectivity index (χ3n) is 3.89. The molecule has 0 radical (unpaired) electrons. The molecule has 1 amide bonds. The highest BCUT2D eigenvalue weighted by Gasteiger charge is 2.28. The van der Waals surface area contributed by atoms with Gasteiger partial charge in [0.1, 0.15) is 0 Å². The number of hydrogen-bond acceptors (Lipinski definition) is 4. The molecule has 1 fully saturated rings. The Kier molecular flexibility index (Phi) is 6.01. The predicted molar refractivity (Wildman–Crippen MR) is 81.5 cm³/mol. The van der Waals surface area contributed by atoms with Gasteiger partial charge in [0.25, 0.3) is 0 Å². The second-order valence-electron chi connectivity index (χ2n) is 5.51. The minimum atomic E-state index is 0.0919. The fourth-order valence-electron chi connectivity index (χ4n) is 2.78. The SMILES string of the molecule is COCCN(Cc1ccsc1)C(=O)[C@H]1CCC[C@@H](N)C1. The molecule has 0 aromatic carbocycles. The number of ether oxygens (including phenoxy) is 1. The van der Waals surface area contributed by atoms with E-state index in [4.69, 9.17) is 10.5 Å². The van der Waals surface area contributed by atoms with E-state index in [-0.39, 0.29) is 17.9 Å². The summed E-state index contributed by atoms with van der Waals surface area (Å²) in [5, 5.41) is 4.14. The fourth-order valence-corrected chi connectivity index (χ4v) is 3.44. The molecule has 4 nitrogen and oxygen atoms in total. The molecule has 1 aromatic heterocycles. The topological polar surface area (TPSA) is 55.6 Å². The van der Waals surface area contributed by atoms with Crippen molar-refractivity contribution in [3.05, 3.63) is 22.4 Å². The van der Waals surface area contributed by atoms with E-state index in [0.717, 1.165) is 25.7 Å². The highest BCUT2D eigenvalue weighted by atomic mass is 32.1. The van der Waals surface area contributed by atoms with Gasteiger partial charge in [-0.05, 0) is 41.7 Å². The first-order valence-corrected chi connectivity index (χ1v) is 8.19. The quantitative estimate of drug-likeness (QED) is 0.876. The van der Waals surface area contributed by atoms with Crippen molar-refractivity contribution >= 4 is 17.2 Å². The average Bonchev–Trinajstić information content (AvgIpc) is 2.95. The normalized spacial score (nSPS) is 22.7. The van der Waals surface area contributed by atoms with Gasteiger partial charge in [-0.2, -0.15) is 11.3 Å². The molecule has 1 saturated carbocycles. The maximum absolute atomic E-state index is 12.7. The van der Waals surface area contributed by atoms with E-state index >= 15 is 0 Å². The van der Waals surface area contributed by atoms with Crippen molar-refractivity contribution in [3.63, 3.8) is 0 Å².